The summed E-state index contributed by atoms with van der Waals surface area (Å²) in [7, 11) is -2.16. The first-order valence-corrected chi connectivity index (χ1v) is 13.7. The number of likely N-dealkylation sites (tertiary alicyclic amines) is 1. The van der Waals surface area contributed by atoms with Gasteiger partial charge in [-0.25, -0.2) is 8.42 Å². The maximum atomic E-state index is 14.0. The van der Waals surface area contributed by atoms with Crippen molar-refractivity contribution in [2.45, 2.75) is 56.5 Å². The number of rotatable bonds is 7. The maximum absolute atomic E-state index is 14.0. The predicted octanol–water partition coefficient (Wildman–Crippen LogP) is 5.85. The van der Waals surface area contributed by atoms with Gasteiger partial charge in [-0.05, 0) is 65.8 Å². The van der Waals surface area contributed by atoms with Crippen molar-refractivity contribution in [1.82, 2.24) is 4.90 Å². The van der Waals surface area contributed by atoms with Crippen LogP contribution >= 0.6 is 0 Å². The lowest BCUT2D eigenvalue weighted by atomic mass is 9.87. The Morgan fingerprint density at radius 3 is 2.03 bits per heavy atom. The van der Waals surface area contributed by atoms with Gasteiger partial charge in [0.15, 0.2) is 0 Å². The van der Waals surface area contributed by atoms with Gasteiger partial charge in [-0.1, -0.05) is 63.2 Å². The van der Waals surface area contributed by atoms with E-state index in [0.717, 1.165) is 38.2 Å². The first-order chi connectivity index (χ1) is 16.7. The molecule has 4 rings (SSSR count). The van der Waals surface area contributed by atoms with E-state index in [2.05, 4.69) is 62.1 Å². The summed E-state index contributed by atoms with van der Waals surface area (Å²) in [6.45, 7) is 9.09. The lowest BCUT2D eigenvalue weighted by molar-refractivity contribution is 0.206. The normalized spacial score (nSPS) is 15.7. The van der Waals surface area contributed by atoms with Crippen molar-refractivity contribution in [1.29, 1.82) is 0 Å². The lowest BCUT2D eigenvalue weighted by Gasteiger charge is -2.39. The highest BCUT2D eigenvalue weighted by molar-refractivity contribution is 7.92. The zero-order chi connectivity index (χ0) is 25.1. The SMILES string of the molecule is COc1ccc(S(=O)(=O)N(c2ccc(C(C)(C)C)cc2)C2CCN(Cc3ccccc3)CC2)cc1. The number of methoxy groups -OCH3 is 1. The molecule has 0 spiro atoms. The van der Waals surface area contributed by atoms with Crippen LogP contribution in [0.4, 0.5) is 5.69 Å². The molecule has 5 nitrogen and oxygen atoms in total. The average Bonchev–Trinajstić information content (AvgIpc) is 2.85. The summed E-state index contributed by atoms with van der Waals surface area (Å²) >= 11 is 0. The summed E-state index contributed by atoms with van der Waals surface area (Å²) in [5.41, 5.74) is 3.18. The second-order valence-electron chi connectivity index (χ2n) is 10.3. The van der Waals surface area contributed by atoms with Crippen LogP contribution in [0.2, 0.25) is 0 Å². The minimum Gasteiger partial charge on any atom is -0.497 e. The summed E-state index contributed by atoms with van der Waals surface area (Å²) in [5, 5.41) is 0. The van der Waals surface area contributed by atoms with E-state index in [9.17, 15) is 8.42 Å². The van der Waals surface area contributed by atoms with Crippen LogP contribution in [0.3, 0.4) is 0 Å². The van der Waals surface area contributed by atoms with Gasteiger partial charge in [0.25, 0.3) is 10.0 Å². The summed E-state index contributed by atoms with van der Waals surface area (Å²) in [5.74, 6) is 0.638. The fraction of sp³-hybridized carbons (Fsp3) is 0.379. The number of nitrogens with zero attached hydrogens (tertiary/aromatic N) is 2. The third kappa shape index (κ3) is 5.88. The Balaban J connectivity index is 1.61. The summed E-state index contributed by atoms with van der Waals surface area (Å²) in [6.07, 6.45) is 1.56. The summed E-state index contributed by atoms with van der Waals surface area (Å²) in [6, 6.07) is 25.0. The molecule has 1 aliphatic heterocycles. The quantitative estimate of drug-likeness (QED) is 0.415. The van der Waals surface area contributed by atoms with Crippen LogP contribution in [0.1, 0.15) is 44.7 Å². The molecular weight excluding hydrogens is 456 g/mol. The Kier molecular flexibility index (Phi) is 7.53. The van der Waals surface area contributed by atoms with Crippen molar-refractivity contribution in [2.24, 2.45) is 0 Å². The van der Waals surface area contributed by atoms with Gasteiger partial charge in [-0.15, -0.1) is 0 Å². The zero-order valence-corrected chi connectivity index (χ0v) is 22.0. The predicted molar refractivity (Wildman–Crippen MR) is 143 cm³/mol. The second kappa shape index (κ2) is 10.4. The molecule has 0 aromatic heterocycles. The van der Waals surface area contributed by atoms with Gasteiger partial charge in [-0.2, -0.15) is 0 Å². The molecule has 0 radical (unpaired) electrons. The molecule has 3 aromatic carbocycles. The smallest absolute Gasteiger partial charge is 0.264 e. The van der Waals surface area contributed by atoms with E-state index in [1.165, 1.54) is 11.1 Å². The van der Waals surface area contributed by atoms with Gasteiger partial charge in [-0.3, -0.25) is 9.21 Å². The maximum Gasteiger partial charge on any atom is 0.264 e. The zero-order valence-electron chi connectivity index (χ0n) is 21.1. The topological polar surface area (TPSA) is 49.9 Å². The number of benzene rings is 3. The van der Waals surface area contributed by atoms with Crippen molar-refractivity contribution in [3.05, 3.63) is 90.0 Å². The van der Waals surface area contributed by atoms with Crippen LogP contribution in [0.5, 0.6) is 5.75 Å². The Morgan fingerprint density at radius 1 is 0.886 bits per heavy atom. The molecule has 186 valence electrons. The van der Waals surface area contributed by atoms with Crippen molar-refractivity contribution in [2.75, 3.05) is 24.5 Å². The molecule has 1 heterocycles. The number of anilines is 1. The molecule has 1 aliphatic rings. The van der Waals surface area contributed by atoms with E-state index in [0.29, 0.717) is 5.75 Å². The molecular formula is C29H36N2O3S. The molecule has 0 N–H and O–H groups in total. The molecule has 0 unspecified atom stereocenters. The third-order valence-corrected chi connectivity index (χ3v) is 8.64. The van der Waals surface area contributed by atoms with Crippen molar-refractivity contribution < 1.29 is 13.2 Å². The van der Waals surface area contributed by atoms with Gasteiger partial charge in [0, 0.05) is 25.7 Å². The van der Waals surface area contributed by atoms with Gasteiger partial charge in [0.1, 0.15) is 5.75 Å². The molecule has 0 amide bonds. The monoisotopic (exact) mass is 492 g/mol. The molecule has 1 saturated heterocycles. The molecule has 0 aliphatic carbocycles. The number of piperidine rings is 1. The van der Waals surface area contributed by atoms with Gasteiger partial charge < -0.3 is 4.74 Å². The van der Waals surface area contributed by atoms with Crippen LogP contribution in [0, 0.1) is 0 Å². The van der Waals surface area contributed by atoms with Gasteiger partial charge >= 0.3 is 0 Å². The van der Waals surface area contributed by atoms with Gasteiger partial charge in [0.05, 0.1) is 17.7 Å². The number of hydrogen-bond acceptors (Lipinski definition) is 4. The Morgan fingerprint density at radius 2 is 1.49 bits per heavy atom. The number of ether oxygens (including phenoxy) is 1. The van der Waals surface area contributed by atoms with Crippen molar-refractivity contribution >= 4 is 15.7 Å². The molecule has 0 bridgehead atoms. The van der Waals surface area contributed by atoms with E-state index >= 15 is 0 Å². The highest BCUT2D eigenvalue weighted by Crippen LogP contribution is 2.33. The van der Waals surface area contributed by atoms with Crippen molar-refractivity contribution in [3.8, 4) is 5.75 Å². The fourth-order valence-corrected chi connectivity index (χ4v) is 6.38. The molecule has 6 heteroatoms. The van der Waals surface area contributed by atoms with Crippen LogP contribution in [-0.4, -0.2) is 39.6 Å². The standard InChI is InChI=1S/C29H36N2O3S/c1-29(2,3)24-10-12-25(13-11-24)31(35(32,33)28-16-14-27(34-4)15-17-28)26-18-20-30(21-19-26)22-23-8-6-5-7-9-23/h5-17,26H,18-22H2,1-4H3. The van der Waals surface area contributed by atoms with Crippen LogP contribution in [0.15, 0.2) is 83.8 Å². The van der Waals surface area contributed by atoms with Crippen LogP contribution < -0.4 is 9.04 Å². The highest BCUT2D eigenvalue weighted by atomic mass is 32.2. The number of hydrogen-bond donors (Lipinski definition) is 0. The first-order valence-electron chi connectivity index (χ1n) is 12.2. The molecule has 1 fully saturated rings. The minimum absolute atomic E-state index is 0.000989. The minimum atomic E-state index is -3.74. The second-order valence-corrected chi connectivity index (χ2v) is 12.1. The van der Waals surface area contributed by atoms with E-state index in [1.54, 1.807) is 35.7 Å². The lowest BCUT2D eigenvalue weighted by Crippen LogP contribution is -2.47. The van der Waals surface area contributed by atoms with Crippen molar-refractivity contribution in [3.63, 3.8) is 0 Å². The third-order valence-electron chi connectivity index (χ3n) is 6.74. The van der Waals surface area contributed by atoms with Crippen LogP contribution in [0.25, 0.3) is 0 Å². The Hall–Kier alpha value is -2.83. The van der Waals surface area contributed by atoms with E-state index in [1.807, 2.05) is 18.2 Å². The molecule has 3 aromatic rings. The highest BCUT2D eigenvalue weighted by Gasteiger charge is 2.34. The molecule has 0 atom stereocenters. The summed E-state index contributed by atoms with van der Waals surface area (Å²) < 4.78 is 34.8. The average molecular weight is 493 g/mol. The first kappa shape index (κ1) is 25.3. The van der Waals surface area contributed by atoms with E-state index in [4.69, 9.17) is 4.74 Å². The Labute approximate surface area is 210 Å². The fourth-order valence-electron chi connectivity index (χ4n) is 4.67. The molecule has 0 saturated carbocycles. The van der Waals surface area contributed by atoms with Crippen LogP contribution in [-0.2, 0) is 22.0 Å². The Bertz CT molecular complexity index is 1190. The summed E-state index contributed by atoms with van der Waals surface area (Å²) in [4.78, 5) is 2.69. The molecule has 35 heavy (non-hydrogen) atoms. The van der Waals surface area contributed by atoms with Gasteiger partial charge in [0.2, 0.25) is 0 Å². The van der Waals surface area contributed by atoms with E-state index < -0.39 is 10.0 Å². The number of sulfonamides is 1. The largest absolute Gasteiger partial charge is 0.497 e. The van der Waals surface area contributed by atoms with E-state index in [-0.39, 0.29) is 16.4 Å².